The van der Waals surface area contributed by atoms with Crippen molar-refractivity contribution in [3.8, 4) is 0 Å². The van der Waals surface area contributed by atoms with E-state index in [1.54, 1.807) is 4.90 Å². The van der Waals surface area contributed by atoms with Crippen molar-refractivity contribution in [1.29, 1.82) is 0 Å². The van der Waals surface area contributed by atoms with Crippen LogP contribution in [-0.4, -0.2) is 17.9 Å². The first-order valence-corrected chi connectivity index (χ1v) is 6.51. The monoisotopic (exact) mass is 269 g/mol. The molecule has 0 saturated carbocycles. The number of rotatable bonds is 1. The SMILES string of the molecule is O=C1CC2CCCC(C1)N2c1cc(F)c(F)cc1F. The molecule has 5 heteroatoms. The van der Waals surface area contributed by atoms with Crippen LogP contribution in [0.25, 0.3) is 0 Å². The van der Waals surface area contributed by atoms with Crippen LogP contribution in [0.5, 0.6) is 0 Å². The zero-order valence-corrected chi connectivity index (χ0v) is 10.3. The Labute approximate surface area is 109 Å². The second kappa shape index (κ2) is 4.54. The highest BCUT2D eigenvalue weighted by atomic mass is 19.2. The molecular weight excluding hydrogens is 255 g/mol. The minimum absolute atomic E-state index is 0.0839. The van der Waals surface area contributed by atoms with Gasteiger partial charge in [-0.1, -0.05) is 0 Å². The minimum atomic E-state index is -1.18. The Bertz CT molecular complexity index is 516. The molecule has 1 aromatic carbocycles. The smallest absolute Gasteiger partial charge is 0.161 e. The van der Waals surface area contributed by atoms with Crippen molar-refractivity contribution in [2.45, 2.75) is 44.2 Å². The molecule has 0 spiro atoms. The van der Waals surface area contributed by atoms with Crippen molar-refractivity contribution in [3.63, 3.8) is 0 Å². The lowest BCUT2D eigenvalue weighted by atomic mass is 9.83. The van der Waals surface area contributed by atoms with Crippen LogP contribution < -0.4 is 4.90 Å². The molecule has 0 aliphatic carbocycles. The summed E-state index contributed by atoms with van der Waals surface area (Å²) in [7, 11) is 0. The van der Waals surface area contributed by atoms with Crippen LogP contribution >= 0.6 is 0 Å². The van der Waals surface area contributed by atoms with Gasteiger partial charge in [0.05, 0.1) is 5.69 Å². The number of halogens is 3. The molecule has 2 fully saturated rings. The van der Waals surface area contributed by atoms with Gasteiger partial charge in [0.1, 0.15) is 11.6 Å². The Morgan fingerprint density at radius 2 is 1.53 bits per heavy atom. The summed E-state index contributed by atoms with van der Waals surface area (Å²) in [6.45, 7) is 0. The fourth-order valence-electron chi connectivity index (χ4n) is 3.28. The van der Waals surface area contributed by atoms with E-state index in [0.29, 0.717) is 18.9 Å². The van der Waals surface area contributed by atoms with Gasteiger partial charge in [-0.2, -0.15) is 0 Å². The third kappa shape index (κ3) is 2.11. The zero-order chi connectivity index (χ0) is 13.6. The second-order valence-corrected chi connectivity index (χ2v) is 5.31. The molecule has 0 N–H and O–H groups in total. The van der Waals surface area contributed by atoms with Crippen LogP contribution in [0, 0.1) is 17.5 Å². The van der Waals surface area contributed by atoms with Crippen LogP contribution in [0.2, 0.25) is 0 Å². The molecule has 0 amide bonds. The molecule has 2 atom stereocenters. The van der Waals surface area contributed by atoms with E-state index in [4.69, 9.17) is 0 Å². The van der Waals surface area contributed by atoms with E-state index in [1.165, 1.54) is 0 Å². The largest absolute Gasteiger partial charge is 0.362 e. The van der Waals surface area contributed by atoms with Gasteiger partial charge < -0.3 is 4.90 Å². The number of carbonyl (C=O) groups is 1. The molecule has 2 nitrogen and oxygen atoms in total. The van der Waals surface area contributed by atoms with E-state index in [9.17, 15) is 18.0 Å². The molecule has 2 bridgehead atoms. The van der Waals surface area contributed by atoms with Gasteiger partial charge in [-0.3, -0.25) is 4.79 Å². The van der Waals surface area contributed by atoms with Gasteiger partial charge in [0.15, 0.2) is 11.6 Å². The fraction of sp³-hybridized carbons (Fsp3) is 0.500. The predicted molar refractivity (Wildman–Crippen MR) is 64.5 cm³/mol. The number of piperidine rings is 2. The molecule has 3 rings (SSSR count). The quantitative estimate of drug-likeness (QED) is 0.730. The molecular formula is C14H14F3NO. The van der Waals surface area contributed by atoms with Crippen LogP contribution in [0.4, 0.5) is 18.9 Å². The van der Waals surface area contributed by atoms with Crippen molar-refractivity contribution >= 4 is 11.5 Å². The van der Waals surface area contributed by atoms with E-state index in [0.717, 1.165) is 25.3 Å². The number of anilines is 1. The second-order valence-electron chi connectivity index (χ2n) is 5.31. The summed E-state index contributed by atoms with van der Waals surface area (Å²) in [5.74, 6) is -2.81. The number of carbonyl (C=O) groups excluding carboxylic acids is 1. The normalized spacial score (nSPS) is 26.7. The fourth-order valence-corrected chi connectivity index (χ4v) is 3.28. The Hall–Kier alpha value is -1.52. The number of hydrogen-bond acceptors (Lipinski definition) is 2. The molecule has 2 heterocycles. The maximum Gasteiger partial charge on any atom is 0.161 e. The Balaban J connectivity index is 2.01. The Morgan fingerprint density at radius 1 is 0.947 bits per heavy atom. The minimum Gasteiger partial charge on any atom is -0.362 e. The molecule has 19 heavy (non-hydrogen) atoms. The molecule has 2 aliphatic heterocycles. The molecule has 1 aromatic rings. The van der Waals surface area contributed by atoms with Crippen molar-refractivity contribution in [1.82, 2.24) is 0 Å². The number of nitrogens with zero attached hydrogens (tertiary/aromatic N) is 1. The lowest BCUT2D eigenvalue weighted by Crippen LogP contribution is -2.53. The molecule has 2 saturated heterocycles. The van der Waals surface area contributed by atoms with Crippen molar-refractivity contribution in [3.05, 3.63) is 29.6 Å². The zero-order valence-electron chi connectivity index (χ0n) is 10.3. The number of benzene rings is 1. The van der Waals surface area contributed by atoms with Gasteiger partial charge >= 0.3 is 0 Å². The summed E-state index contributed by atoms with van der Waals surface area (Å²) in [6, 6.07) is 1.32. The van der Waals surface area contributed by atoms with Gasteiger partial charge in [-0.05, 0) is 19.3 Å². The summed E-state index contributed by atoms with van der Waals surface area (Å²) < 4.78 is 40.2. The van der Waals surface area contributed by atoms with E-state index < -0.39 is 17.5 Å². The first kappa shape index (κ1) is 12.5. The van der Waals surface area contributed by atoms with Crippen LogP contribution in [-0.2, 0) is 4.79 Å². The maximum atomic E-state index is 13.9. The number of ketones is 1. The Morgan fingerprint density at radius 3 is 2.16 bits per heavy atom. The van der Waals surface area contributed by atoms with Crippen LogP contribution in [0.1, 0.15) is 32.1 Å². The standard InChI is InChI=1S/C14H14F3NO/c15-11-6-13(17)14(7-12(11)16)18-8-2-1-3-9(18)5-10(19)4-8/h6-9H,1-5H2. The van der Waals surface area contributed by atoms with Gasteiger partial charge in [0.25, 0.3) is 0 Å². The summed E-state index contributed by atoms with van der Waals surface area (Å²) in [5.41, 5.74) is 0.0844. The number of fused-ring (bicyclic) bond motifs is 2. The predicted octanol–water partition coefficient (Wildman–Crippen LogP) is 3.19. The number of Topliss-reactive ketones (excluding diaryl/α,β-unsaturated/α-hetero) is 1. The summed E-state index contributed by atoms with van der Waals surface area (Å²) in [5, 5.41) is 0. The van der Waals surface area contributed by atoms with E-state index in [2.05, 4.69) is 0 Å². The first-order chi connectivity index (χ1) is 9.06. The molecule has 0 aromatic heterocycles. The van der Waals surface area contributed by atoms with E-state index in [1.807, 2.05) is 0 Å². The maximum absolute atomic E-state index is 13.9. The third-order valence-corrected chi connectivity index (χ3v) is 4.06. The average molecular weight is 269 g/mol. The third-order valence-electron chi connectivity index (χ3n) is 4.06. The van der Waals surface area contributed by atoms with E-state index in [-0.39, 0.29) is 23.6 Å². The van der Waals surface area contributed by atoms with Crippen LogP contribution in [0.3, 0.4) is 0 Å². The highest BCUT2D eigenvalue weighted by Crippen LogP contribution is 2.38. The van der Waals surface area contributed by atoms with Crippen molar-refractivity contribution < 1.29 is 18.0 Å². The van der Waals surface area contributed by atoms with Gasteiger partial charge in [0.2, 0.25) is 0 Å². The molecule has 2 aliphatic rings. The lowest BCUT2D eigenvalue weighted by Gasteiger charge is -2.47. The molecule has 0 radical (unpaired) electrons. The van der Waals surface area contributed by atoms with Gasteiger partial charge in [-0.25, -0.2) is 13.2 Å². The number of hydrogen-bond donors (Lipinski definition) is 0. The lowest BCUT2D eigenvalue weighted by molar-refractivity contribution is -0.121. The molecule has 102 valence electrons. The summed E-state index contributed by atoms with van der Waals surface area (Å²) >= 11 is 0. The van der Waals surface area contributed by atoms with Crippen molar-refractivity contribution in [2.75, 3.05) is 4.90 Å². The van der Waals surface area contributed by atoms with E-state index >= 15 is 0 Å². The molecule has 2 unspecified atom stereocenters. The highest BCUT2D eigenvalue weighted by Gasteiger charge is 2.38. The van der Waals surface area contributed by atoms with Gasteiger partial charge in [0, 0.05) is 37.1 Å². The summed E-state index contributed by atoms with van der Waals surface area (Å²) in [6.07, 6.45) is 3.32. The first-order valence-electron chi connectivity index (χ1n) is 6.51. The van der Waals surface area contributed by atoms with Crippen molar-refractivity contribution in [2.24, 2.45) is 0 Å². The highest BCUT2D eigenvalue weighted by molar-refractivity contribution is 5.82. The Kier molecular flexibility index (Phi) is 2.99. The average Bonchev–Trinajstić information content (AvgIpc) is 2.33. The summed E-state index contributed by atoms with van der Waals surface area (Å²) in [4.78, 5) is 13.4. The topological polar surface area (TPSA) is 20.3 Å². The van der Waals surface area contributed by atoms with Gasteiger partial charge in [-0.15, -0.1) is 0 Å². The van der Waals surface area contributed by atoms with Crippen LogP contribution in [0.15, 0.2) is 12.1 Å².